The van der Waals surface area contributed by atoms with Crippen molar-refractivity contribution in [3.8, 4) is 0 Å². The molecular weight excluding hydrogens is 394 g/mol. The number of carbonyl (C=O) groups is 1. The summed E-state index contributed by atoms with van der Waals surface area (Å²) in [6.45, 7) is 6.11. The van der Waals surface area contributed by atoms with Crippen molar-refractivity contribution in [1.82, 2.24) is 14.5 Å². The normalized spacial score (nSPS) is 13.4. The number of nitrogens with zero attached hydrogens (tertiary/aromatic N) is 3. The minimum Gasteiger partial charge on any atom is -0.327 e. The van der Waals surface area contributed by atoms with E-state index in [4.69, 9.17) is 4.98 Å². The van der Waals surface area contributed by atoms with Gasteiger partial charge in [-0.25, -0.2) is 4.98 Å². The molecule has 5 rings (SSSR count). The zero-order valence-corrected chi connectivity index (χ0v) is 18.8. The van der Waals surface area contributed by atoms with Crippen LogP contribution in [0.25, 0.3) is 11.0 Å². The Bertz CT molecular complexity index is 1230. The summed E-state index contributed by atoms with van der Waals surface area (Å²) in [7, 11) is 0. The van der Waals surface area contributed by atoms with Gasteiger partial charge < -0.3 is 9.47 Å². The number of para-hydroxylation sites is 2. The van der Waals surface area contributed by atoms with Gasteiger partial charge >= 0.3 is 0 Å². The summed E-state index contributed by atoms with van der Waals surface area (Å²) in [6.07, 6.45) is 2.56. The van der Waals surface area contributed by atoms with E-state index in [-0.39, 0.29) is 5.91 Å². The second-order valence-electron chi connectivity index (χ2n) is 9.09. The number of rotatable bonds is 7. The Kier molecular flexibility index (Phi) is 5.52. The molecule has 4 nitrogen and oxygen atoms in total. The fourth-order valence-electron chi connectivity index (χ4n) is 4.46. The molecule has 1 saturated carbocycles. The van der Waals surface area contributed by atoms with Gasteiger partial charge in [0.25, 0.3) is 5.91 Å². The number of benzene rings is 3. The van der Waals surface area contributed by atoms with Crippen molar-refractivity contribution in [1.29, 1.82) is 0 Å². The maximum absolute atomic E-state index is 13.7. The largest absolute Gasteiger partial charge is 0.327 e. The van der Waals surface area contributed by atoms with Gasteiger partial charge in [0.15, 0.2) is 0 Å². The van der Waals surface area contributed by atoms with Crippen LogP contribution in [0.15, 0.2) is 72.8 Å². The average molecular weight is 424 g/mol. The third-order valence-corrected chi connectivity index (χ3v) is 6.18. The van der Waals surface area contributed by atoms with Crippen molar-refractivity contribution in [2.75, 3.05) is 0 Å². The van der Waals surface area contributed by atoms with Crippen molar-refractivity contribution in [3.05, 3.63) is 101 Å². The summed E-state index contributed by atoms with van der Waals surface area (Å²) >= 11 is 0. The lowest BCUT2D eigenvalue weighted by molar-refractivity contribution is 0.0723. The van der Waals surface area contributed by atoms with Crippen LogP contribution < -0.4 is 0 Å². The Morgan fingerprint density at radius 3 is 2.34 bits per heavy atom. The van der Waals surface area contributed by atoms with Crippen LogP contribution in [0.1, 0.15) is 45.7 Å². The SMILES string of the molecule is Cc1cc(C)cc(C(=O)N(Cc2ccccc2)Cc2nc3ccccc3n2CC2CC2)c1. The Balaban J connectivity index is 1.52. The molecule has 1 heterocycles. The Morgan fingerprint density at radius 2 is 1.62 bits per heavy atom. The lowest BCUT2D eigenvalue weighted by Gasteiger charge is -2.24. The molecule has 0 unspecified atom stereocenters. The molecule has 0 aliphatic heterocycles. The van der Waals surface area contributed by atoms with E-state index in [1.807, 2.05) is 55.1 Å². The molecule has 0 atom stereocenters. The van der Waals surface area contributed by atoms with E-state index in [0.717, 1.165) is 51.6 Å². The number of fused-ring (bicyclic) bond motifs is 1. The van der Waals surface area contributed by atoms with Crippen LogP contribution in [0.4, 0.5) is 0 Å². The first-order valence-electron chi connectivity index (χ1n) is 11.4. The van der Waals surface area contributed by atoms with Gasteiger partial charge in [-0.05, 0) is 62.4 Å². The number of amides is 1. The predicted octanol–water partition coefficient (Wildman–Crippen LogP) is 5.91. The van der Waals surface area contributed by atoms with Gasteiger partial charge in [0.05, 0.1) is 17.6 Å². The summed E-state index contributed by atoms with van der Waals surface area (Å²) in [5, 5.41) is 0. The minimum absolute atomic E-state index is 0.0469. The lowest BCUT2D eigenvalue weighted by atomic mass is 10.1. The van der Waals surface area contributed by atoms with Crippen molar-refractivity contribution in [2.24, 2.45) is 5.92 Å². The summed E-state index contributed by atoms with van der Waals surface area (Å²) in [5.41, 5.74) is 6.23. The maximum atomic E-state index is 13.7. The van der Waals surface area contributed by atoms with E-state index in [0.29, 0.717) is 13.1 Å². The van der Waals surface area contributed by atoms with Crippen LogP contribution in [0, 0.1) is 19.8 Å². The zero-order valence-electron chi connectivity index (χ0n) is 18.8. The molecule has 0 bridgehead atoms. The molecule has 1 aromatic heterocycles. The summed E-state index contributed by atoms with van der Waals surface area (Å²) < 4.78 is 2.33. The number of hydrogen-bond donors (Lipinski definition) is 0. The molecule has 32 heavy (non-hydrogen) atoms. The van der Waals surface area contributed by atoms with Crippen molar-refractivity contribution >= 4 is 16.9 Å². The van der Waals surface area contributed by atoms with Gasteiger partial charge in [0.2, 0.25) is 0 Å². The predicted molar refractivity (Wildman–Crippen MR) is 128 cm³/mol. The van der Waals surface area contributed by atoms with Crippen LogP contribution in [-0.4, -0.2) is 20.4 Å². The second kappa shape index (κ2) is 8.62. The lowest BCUT2D eigenvalue weighted by Crippen LogP contribution is -2.31. The fourth-order valence-corrected chi connectivity index (χ4v) is 4.46. The topological polar surface area (TPSA) is 38.1 Å². The van der Waals surface area contributed by atoms with Crippen LogP contribution in [0.3, 0.4) is 0 Å². The van der Waals surface area contributed by atoms with E-state index < -0.39 is 0 Å². The van der Waals surface area contributed by atoms with E-state index in [1.165, 1.54) is 12.8 Å². The Labute approximate surface area is 189 Å². The van der Waals surface area contributed by atoms with E-state index in [2.05, 4.69) is 41.0 Å². The van der Waals surface area contributed by atoms with Crippen LogP contribution in [0.5, 0.6) is 0 Å². The fraction of sp³-hybridized carbons (Fsp3) is 0.286. The van der Waals surface area contributed by atoms with Gasteiger partial charge in [0, 0.05) is 18.7 Å². The third kappa shape index (κ3) is 4.45. The number of carbonyl (C=O) groups excluding carboxylic acids is 1. The first kappa shape index (κ1) is 20.5. The van der Waals surface area contributed by atoms with Crippen LogP contribution in [0.2, 0.25) is 0 Å². The van der Waals surface area contributed by atoms with Gasteiger partial charge in [-0.2, -0.15) is 0 Å². The van der Waals surface area contributed by atoms with E-state index in [9.17, 15) is 4.79 Å². The van der Waals surface area contributed by atoms with Crippen molar-refractivity contribution in [3.63, 3.8) is 0 Å². The second-order valence-corrected chi connectivity index (χ2v) is 9.09. The molecule has 4 aromatic rings. The highest BCUT2D eigenvalue weighted by atomic mass is 16.2. The number of imidazole rings is 1. The number of hydrogen-bond acceptors (Lipinski definition) is 2. The monoisotopic (exact) mass is 423 g/mol. The molecule has 162 valence electrons. The van der Waals surface area contributed by atoms with Crippen molar-refractivity contribution < 1.29 is 4.79 Å². The first-order chi connectivity index (χ1) is 15.6. The summed E-state index contributed by atoms with van der Waals surface area (Å²) in [6, 6.07) is 24.6. The van der Waals surface area contributed by atoms with Gasteiger partial charge in [-0.15, -0.1) is 0 Å². The summed E-state index contributed by atoms with van der Waals surface area (Å²) in [5.74, 6) is 1.74. The third-order valence-electron chi connectivity index (χ3n) is 6.18. The maximum Gasteiger partial charge on any atom is 0.254 e. The average Bonchev–Trinajstić information content (AvgIpc) is 3.54. The molecule has 4 heteroatoms. The highest BCUT2D eigenvalue weighted by molar-refractivity contribution is 5.94. The summed E-state index contributed by atoms with van der Waals surface area (Å²) in [4.78, 5) is 20.6. The molecule has 1 aliphatic rings. The highest BCUT2D eigenvalue weighted by Gasteiger charge is 2.26. The molecule has 1 aliphatic carbocycles. The zero-order chi connectivity index (χ0) is 22.1. The molecule has 3 aromatic carbocycles. The van der Waals surface area contributed by atoms with Crippen LogP contribution >= 0.6 is 0 Å². The standard InChI is InChI=1S/C28H29N3O/c1-20-14-21(2)16-24(15-20)28(32)30(17-22-8-4-3-5-9-22)19-27-29-25-10-6-7-11-26(25)31(27)18-23-12-13-23/h3-11,14-16,23H,12-13,17-19H2,1-2H3. The van der Waals surface area contributed by atoms with Gasteiger partial charge in [-0.3, -0.25) is 4.79 Å². The molecule has 1 amide bonds. The minimum atomic E-state index is 0.0469. The number of aromatic nitrogens is 2. The molecule has 0 saturated heterocycles. The van der Waals surface area contributed by atoms with Crippen LogP contribution in [-0.2, 0) is 19.6 Å². The Hall–Kier alpha value is -3.40. The molecule has 0 radical (unpaired) electrons. The van der Waals surface area contributed by atoms with E-state index >= 15 is 0 Å². The number of aryl methyl sites for hydroxylation is 2. The van der Waals surface area contributed by atoms with Gasteiger partial charge in [-0.1, -0.05) is 59.7 Å². The molecule has 0 N–H and O–H groups in total. The molecule has 0 spiro atoms. The highest BCUT2D eigenvalue weighted by Crippen LogP contribution is 2.33. The first-order valence-corrected chi connectivity index (χ1v) is 11.4. The Morgan fingerprint density at radius 1 is 0.938 bits per heavy atom. The van der Waals surface area contributed by atoms with E-state index in [1.54, 1.807) is 0 Å². The van der Waals surface area contributed by atoms with Crippen molar-refractivity contribution in [2.45, 2.75) is 46.3 Å². The smallest absolute Gasteiger partial charge is 0.254 e. The van der Waals surface area contributed by atoms with Gasteiger partial charge in [0.1, 0.15) is 5.82 Å². The molecular formula is C28H29N3O. The molecule has 1 fully saturated rings. The quantitative estimate of drug-likeness (QED) is 0.371.